The Labute approximate surface area is 147 Å². The van der Waals surface area contributed by atoms with Gasteiger partial charge in [0.15, 0.2) is 0 Å². The lowest BCUT2D eigenvalue weighted by molar-refractivity contribution is 1.06. The van der Waals surface area contributed by atoms with Crippen LogP contribution in [0.5, 0.6) is 0 Å². The van der Waals surface area contributed by atoms with Gasteiger partial charge in [0.05, 0.1) is 5.69 Å². The van der Waals surface area contributed by atoms with Crippen molar-refractivity contribution in [3.8, 4) is 11.3 Å². The molecule has 5 nitrogen and oxygen atoms in total. The van der Waals surface area contributed by atoms with Crippen LogP contribution in [0.1, 0.15) is 5.56 Å². The summed E-state index contributed by atoms with van der Waals surface area (Å²) in [5.41, 5.74) is 3.88. The quantitative estimate of drug-likeness (QED) is 0.551. The van der Waals surface area contributed by atoms with Crippen molar-refractivity contribution < 1.29 is 0 Å². The first-order valence-electron chi connectivity index (χ1n) is 7.53. The van der Waals surface area contributed by atoms with E-state index < -0.39 is 0 Å². The van der Waals surface area contributed by atoms with Gasteiger partial charge in [-0.2, -0.15) is 0 Å². The molecule has 0 bridgehead atoms. The molecule has 0 aliphatic carbocycles. The Kier molecular flexibility index (Phi) is 3.96. The van der Waals surface area contributed by atoms with Gasteiger partial charge in [0.25, 0.3) is 0 Å². The van der Waals surface area contributed by atoms with Crippen molar-refractivity contribution in [2.75, 3.05) is 5.32 Å². The normalized spacial score (nSPS) is 10.9. The third-order valence-corrected chi connectivity index (χ3v) is 4.16. The molecule has 0 saturated carbocycles. The van der Waals surface area contributed by atoms with E-state index in [1.54, 1.807) is 12.4 Å². The number of aromatic amines is 1. The van der Waals surface area contributed by atoms with Gasteiger partial charge in [-0.1, -0.05) is 30.3 Å². The van der Waals surface area contributed by atoms with Crippen LogP contribution in [0.15, 0.2) is 65.5 Å². The predicted octanol–water partition coefficient (Wildman–Crippen LogP) is 4.39. The molecule has 0 aliphatic rings. The molecule has 0 radical (unpaired) electrons. The number of halogens is 1. The first-order valence-corrected chi connectivity index (χ1v) is 8.33. The molecule has 4 aromatic rings. The molecule has 2 N–H and O–H groups in total. The Balaban J connectivity index is 1.63. The van der Waals surface area contributed by atoms with Crippen molar-refractivity contribution in [2.24, 2.45) is 0 Å². The first kappa shape index (κ1) is 14.8. The van der Waals surface area contributed by atoms with E-state index in [9.17, 15) is 0 Å². The van der Waals surface area contributed by atoms with Gasteiger partial charge in [0.2, 0.25) is 5.95 Å². The van der Waals surface area contributed by atoms with Gasteiger partial charge >= 0.3 is 0 Å². The van der Waals surface area contributed by atoms with Crippen LogP contribution in [0.2, 0.25) is 0 Å². The summed E-state index contributed by atoms with van der Waals surface area (Å²) < 4.78 is 0.937. The minimum absolute atomic E-state index is 0.605. The minimum atomic E-state index is 0.605. The zero-order valence-electron chi connectivity index (χ0n) is 12.7. The van der Waals surface area contributed by atoms with E-state index in [0.717, 1.165) is 26.8 Å². The van der Waals surface area contributed by atoms with Crippen LogP contribution in [0, 0.1) is 0 Å². The van der Waals surface area contributed by atoms with Gasteiger partial charge in [-0.15, -0.1) is 0 Å². The number of rotatable bonds is 4. The van der Waals surface area contributed by atoms with Crippen LogP contribution >= 0.6 is 15.9 Å². The Hall–Kier alpha value is -2.73. The van der Waals surface area contributed by atoms with E-state index in [1.807, 2.05) is 36.5 Å². The van der Waals surface area contributed by atoms with E-state index >= 15 is 0 Å². The minimum Gasteiger partial charge on any atom is -0.350 e. The number of nitrogens with one attached hydrogen (secondary N) is 2. The van der Waals surface area contributed by atoms with E-state index in [0.29, 0.717) is 12.5 Å². The molecule has 0 spiro atoms. The summed E-state index contributed by atoms with van der Waals surface area (Å²) >= 11 is 3.47. The summed E-state index contributed by atoms with van der Waals surface area (Å²) in [5.74, 6) is 0.605. The third kappa shape index (κ3) is 3.00. The molecule has 0 saturated heterocycles. The lowest BCUT2D eigenvalue weighted by Gasteiger charge is -2.06. The van der Waals surface area contributed by atoms with E-state index in [4.69, 9.17) is 0 Å². The zero-order chi connectivity index (χ0) is 16.4. The highest BCUT2D eigenvalue weighted by Crippen LogP contribution is 2.28. The number of fused-ring (bicyclic) bond motifs is 1. The summed E-state index contributed by atoms with van der Waals surface area (Å²) in [6.07, 6.45) is 5.46. The number of hydrogen-bond donors (Lipinski definition) is 2. The summed E-state index contributed by atoms with van der Waals surface area (Å²) in [6, 6.07) is 14.1. The summed E-state index contributed by atoms with van der Waals surface area (Å²) in [4.78, 5) is 16.5. The van der Waals surface area contributed by atoms with Gasteiger partial charge in [-0.05, 0) is 33.6 Å². The number of aromatic nitrogens is 4. The average molecular weight is 380 g/mol. The number of benzene rings is 1. The van der Waals surface area contributed by atoms with Gasteiger partial charge in [0.1, 0.15) is 5.65 Å². The van der Waals surface area contributed by atoms with Gasteiger partial charge < -0.3 is 10.3 Å². The average Bonchev–Trinajstić information content (AvgIpc) is 3.04. The highest BCUT2D eigenvalue weighted by Gasteiger charge is 2.10. The Morgan fingerprint density at radius 2 is 1.96 bits per heavy atom. The maximum atomic E-state index is 4.62. The largest absolute Gasteiger partial charge is 0.350 e. The number of nitrogens with zero attached hydrogens (tertiary/aromatic N) is 3. The summed E-state index contributed by atoms with van der Waals surface area (Å²) in [6.45, 7) is 0.686. The maximum Gasteiger partial charge on any atom is 0.223 e. The lowest BCUT2D eigenvalue weighted by atomic mass is 10.1. The topological polar surface area (TPSA) is 66.5 Å². The van der Waals surface area contributed by atoms with Crippen LogP contribution in [-0.4, -0.2) is 19.9 Å². The highest BCUT2D eigenvalue weighted by atomic mass is 79.9. The van der Waals surface area contributed by atoms with E-state index in [-0.39, 0.29) is 0 Å². The fraction of sp³-hybridized carbons (Fsp3) is 0.0556. The fourth-order valence-corrected chi connectivity index (χ4v) is 2.89. The number of H-pyrrole nitrogens is 1. The molecule has 6 heteroatoms. The number of pyridine rings is 1. The van der Waals surface area contributed by atoms with Crippen molar-refractivity contribution in [1.29, 1.82) is 0 Å². The molecule has 118 valence electrons. The van der Waals surface area contributed by atoms with Crippen molar-refractivity contribution in [2.45, 2.75) is 6.54 Å². The van der Waals surface area contributed by atoms with Gasteiger partial charge in [0, 0.05) is 40.6 Å². The molecular formula is C18H14BrN5. The fourth-order valence-electron chi connectivity index (χ4n) is 2.56. The molecule has 1 aromatic carbocycles. The highest BCUT2D eigenvalue weighted by molar-refractivity contribution is 9.10. The Morgan fingerprint density at radius 1 is 1.08 bits per heavy atom. The van der Waals surface area contributed by atoms with Crippen molar-refractivity contribution in [3.63, 3.8) is 0 Å². The maximum absolute atomic E-state index is 4.62. The van der Waals surface area contributed by atoms with Crippen LogP contribution in [0.3, 0.4) is 0 Å². The SMILES string of the molecule is Brc1cnc2[nH]cc(-c3ccnc(NCc4ccccc4)n3)c2c1. The second-order valence-corrected chi connectivity index (χ2v) is 6.27. The van der Waals surface area contributed by atoms with E-state index in [2.05, 4.69) is 53.3 Å². The lowest BCUT2D eigenvalue weighted by Crippen LogP contribution is -2.03. The monoisotopic (exact) mass is 379 g/mol. The van der Waals surface area contributed by atoms with Crippen molar-refractivity contribution >= 4 is 32.9 Å². The Bertz CT molecular complexity index is 981. The van der Waals surface area contributed by atoms with Gasteiger partial charge in [-0.3, -0.25) is 0 Å². The molecule has 0 aliphatic heterocycles. The second kappa shape index (κ2) is 6.41. The standard InChI is InChI=1S/C18H14BrN5/c19-13-8-14-15(11-22-17(14)21-10-13)16-6-7-20-18(24-16)23-9-12-4-2-1-3-5-12/h1-8,10-11H,9H2,(H,21,22)(H,20,23,24). The second-order valence-electron chi connectivity index (χ2n) is 5.36. The van der Waals surface area contributed by atoms with Gasteiger partial charge in [-0.25, -0.2) is 15.0 Å². The molecule has 24 heavy (non-hydrogen) atoms. The molecule has 3 heterocycles. The van der Waals surface area contributed by atoms with Crippen LogP contribution in [0.25, 0.3) is 22.3 Å². The molecule has 0 atom stereocenters. The summed E-state index contributed by atoms with van der Waals surface area (Å²) in [7, 11) is 0. The number of hydrogen-bond acceptors (Lipinski definition) is 4. The molecule has 0 unspecified atom stereocenters. The van der Waals surface area contributed by atoms with Crippen molar-refractivity contribution in [3.05, 3.63) is 71.1 Å². The smallest absolute Gasteiger partial charge is 0.223 e. The molecule has 0 fully saturated rings. The van der Waals surface area contributed by atoms with Crippen LogP contribution in [-0.2, 0) is 6.54 Å². The summed E-state index contributed by atoms with van der Waals surface area (Å²) in [5, 5.41) is 4.29. The predicted molar refractivity (Wildman–Crippen MR) is 98.6 cm³/mol. The van der Waals surface area contributed by atoms with Crippen molar-refractivity contribution in [1.82, 2.24) is 19.9 Å². The van der Waals surface area contributed by atoms with Crippen LogP contribution in [0.4, 0.5) is 5.95 Å². The van der Waals surface area contributed by atoms with E-state index in [1.165, 1.54) is 5.56 Å². The molecular weight excluding hydrogens is 366 g/mol. The third-order valence-electron chi connectivity index (χ3n) is 3.72. The molecule has 3 aromatic heterocycles. The number of anilines is 1. The Morgan fingerprint density at radius 3 is 2.83 bits per heavy atom. The zero-order valence-corrected chi connectivity index (χ0v) is 14.3. The molecule has 0 amide bonds. The first-order chi connectivity index (χ1) is 11.8. The molecule has 4 rings (SSSR count). The van der Waals surface area contributed by atoms with Crippen LogP contribution < -0.4 is 5.32 Å².